The number of anilines is 1. The minimum atomic E-state index is 0.358. The van der Waals surface area contributed by atoms with Gasteiger partial charge in [0.05, 0.1) is 6.61 Å². The van der Waals surface area contributed by atoms with Crippen molar-refractivity contribution in [3.8, 4) is 0 Å². The molecule has 0 bridgehead atoms. The van der Waals surface area contributed by atoms with Gasteiger partial charge in [0.15, 0.2) is 0 Å². The standard InChI is InChI=1S/C17H26N2O/c1-20-13-15-7-2-3-8-16(15)19-12-6-11-18-17(14-19)9-4-5-10-17/h2-3,7-8,18H,4-6,9-14H2,1H3. The van der Waals surface area contributed by atoms with E-state index >= 15 is 0 Å². The molecule has 1 aromatic carbocycles. The molecule has 2 aliphatic rings. The molecule has 1 aliphatic heterocycles. The Balaban J connectivity index is 1.84. The van der Waals surface area contributed by atoms with Crippen LogP contribution >= 0.6 is 0 Å². The summed E-state index contributed by atoms with van der Waals surface area (Å²) in [7, 11) is 1.78. The molecule has 3 nitrogen and oxygen atoms in total. The maximum Gasteiger partial charge on any atom is 0.0733 e. The van der Waals surface area contributed by atoms with Crippen molar-refractivity contribution in [3.63, 3.8) is 0 Å². The molecule has 0 atom stereocenters. The van der Waals surface area contributed by atoms with Crippen LogP contribution in [0.1, 0.15) is 37.7 Å². The van der Waals surface area contributed by atoms with Gasteiger partial charge in [0.1, 0.15) is 0 Å². The first kappa shape index (κ1) is 13.9. The molecular formula is C17H26N2O. The average Bonchev–Trinajstić information content (AvgIpc) is 2.81. The highest BCUT2D eigenvalue weighted by molar-refractivity contribution is 5.54. The topological polar surface area (TPSA) is 24.5 Å². The van der Waals surface area contributed by atoms with Crippen molar-refractivity contribution < 1.29 is 4.74 Å². The van der Waals surface area contributed by atoms with E-state index in [1.54, 1.807) is 7.11 Å². The largest absolute Gasteiger partial charge is 0.380 e. The molecular weight excluding hydrogens is 248 g/mol. The summed E-state index contributed by atoms with van der Waals surface area (Å²) in [4.78, 5) is 2.58. The minimum absolute atomic E-state index is 0.358. The van der Waals surface area contributed by atoms with E-state index < -0.39 is 0 Å². The second kappa shape index (κ2) is 6.15. The molecule has 1 heterocycles. The molecule has 20 heavy (non-hydrogen) atoms. The highest BCUT2D eigenvalue weighted by Gasteiger charge is 2.36. The quantitative estimate of drug-likeness (QED) is 0.917. The Hall–Kier alpha value is -1.06. The van der Waals surface area contributed by atoms with Gasteiger partial charge in [0.25, 0.3) is 0 Å². The van der Waals surface area contributed by atoms with Gasteiger partial charge in [-0.15, -0.1) is 0 Å². The second-order valence-corrected chi connectivity index (χ2v) is 6.25. The highest BCUT2D eigenvalue weighted by Crippen LogP contribution is 2.34. The first-order chi connectivity index (χ1) is 9.83. The van der Waals surface area contributed by atoms with Crippen LogP contribution in [0.15, 0.2) is 24.3 Å². The number of nitrogens with zero attached hydrogens (tertiary/aromatic N) is 1. The van der Waals surface area contributed by atoms with Gasteiger partial charge in [0, 0.05) is 37.0 Å². The molecule has 1 saturated carbocycles. The van der Waals surface area contributed by atoms with Crippen LogP contribution in [-0.4, -0.2) is 32.3 Å². The molecule has 0 unspecified atom stereocenters. The molecule has 0 aromatic heterocycles. The zero-order valence-corrected chi connectivity index (χ0v) is 12.5. The first-order valence-electron chi connectivity index (χ1n) is 7.90. The summed E-state index contributed by atoms with van der Waals surface area (Å²) in [6, 6.07) is 8.70. The summed E-state index contributed by atoms with van der Waals surface area (Å²) in [6.45, 7) is 4.15. The maximum atomic E-state index is 5.37. The van der Waals surface area contributed by atoms with Crippen LogP contribution in [0.2, 0.25) is 0 Å². The Kier molecular flexibility index (Phi) is 4.27. The number of nitrogens with one attached hydrogen (secondary N) is 1. The smallest absolute Gasteiger partial charge is 0.0733 e. The summed E-state index contributed by atoms with van der Waals surface area (Å²) in [5, 5.41) is 3.84. The van der Waals surface area contributed by atoms with Crippen LogP contribution in [0.3, 0.4) is 0 Å². The molecule has 1 saturated heterocycles. The minimum Gasteiger partial charge on any atom is -0.380 e. The van der Waals surface area contributed by atoms with Crippen LogP contribution in [0.5, 0.6) is 0 Å². The van der Waals surface area contributed by atoms with Gasteiger partial charge < -0.3 is 15.0 Å². The lowest BCUT2D eigenvalue weighted by atomic mass is 9.96. The van der Waals surface area contributed by atoms with E-state index in [9.17, 15) is 0 Å². The fraction of sp³-hybridized carbons (Fsp3) is 0.647. The van der Waals surface area contributed by atoms with Crippen molar-refractivity contribution in [2.24, 2.45) is 0 Å². The second-order valence-electron chi connectivity index (χ2n) is 6.25. The maximum absolute atomic E-state index is 5.37. The fourth-order valence-electron chi connectivity index (χ4n) is 3.81. The highest BCUT2D eigenvalue weighted by atomic mass is 16.5. The summed E-state index contributed by atoms with van der Waals surface area (Å²) in [6.07, 6.45) is 6.63. The Morgan fingerprint density at radius 1 is 1.20 bits per heavy atom. The van der Waals surface area contributed by atoms with Crippen molar-refractivity contribution in [2.75, 3.05) is 31.6 Å². The monoisotopic (exact) mass is 274 g/mol. The number of benzene rings is 1. The van der Waals surface area contributed by atoms with E-state index in [-0.39, 0.29) is 0 Å². The lowest BCUT2D eigenvalue weighted by Gasteiger charge is -2.35. The number of para-hydroxylation sites is 1. The summed E-state index contributed by atoms with van der Waals surface area (Å²) < 4.78 is 5.37. The number of hydrogen-bond acceptors (Lipinski definition) is 3. The van der Waals surface area contributed by atoms with E-state index in [2.05, 4.69) is 34.5 Å². The van der Waals surface area contributed by atoms with Crippen molar-refractivity contribution in [3.05, 3.63) is 29.8 Å². The third kappa shape index (κ3) is 2.84. The molecule has 0 radical (unpaired) electrons. The van der Waals surface area contributed by atoms with Crippen LogP contribution in [0, 0.1) is 0 Å². The number of hydrogen-bond donors (Lipinski definition) is 1. The fourth-order valence-corrected chi connectivity index (χ4v) is 3.81. The third-order valence-corrected chi connectivity index (χ3v) is 4.79. The van der Waals surface area contributed by atoms with E-state index in [1.807, 2.05) is 0 Å². The predicted molar refractivity (Wildman–Crippen MR) is 83.2 cm³/mol. The Labute approximate surface area is 122 Å². The van der Waals surface area contributed by atoms with Crippen molar-refractivity contribution >= 4 is 5.69 Å². The molecule has 2 fully saturated rings. The summed E-state index contributed by atoms with van der Waals surface area (Å²) >= 11 is 0. The lowest BCUT2D eigenvalue weighted by Crippen LogP contribution is -2.49. The van der Waals surface area contributed by atoms with Gasteiger partial charge in [-0.1, -0.05) is 31.0 Å². The van der Waals surface area contributed by atoms with Crippen LogP contribution < -0.4 is 10.2 Å². The molecule has 110 valence electrons. The molecule has 0 amide bonds. The Morgan fingerprint density at radius 3 is 2.80 bits per heavy atom. The van der Waals surface area contributed by atoms with Crippen molar-refractivity contribution in [1.29, 1.82) is 0 Å². The number of rotatable bonds is 3. The molecule has 1 spiro atoms. The number of ether oxygens (including phenoxy) is 1. The molecule has 1 aliphatic carbocycles. The van der Waals surface area contributed by atoms with Crippen LogP contribution in [0.4, 0.5) is 5.69 Å². The van der Waals surface area contributed by atoms with E-state index in [4.69, 9.17) is 4.74 Å². The summed E-state index contributed by atoms with van der Waals surface area (Å²) in [5.41, 5.74) is 3.03. The molecule has 1 aromatic rings. The van der Waals surface area contributed by atoms with Crippen LogP contribution in [0.25, 0.3) is 0 Å². The SMILES string of the molecule is COCc1ccccc1N1CCCNC2(CCCC2)C1. The average molecular weight is 274 g/mol. The van der Waals surface area contributed by atoms with E-state index in [1.165, 1.54) is 43.4 Å². The molecule has 3 heteroatoms. The van der Waals surface area contributed by atoms with E-state index in [0.29, 0.717) is 12.1 Å². The van der Waals surface area contributed by atoms with E-state index in [0.717, 1.165) is 19.6 Å². The van der Waals surface area contributed by atoms with Gasteiger partial charge >= 0.3 is 0 Å². The molecule has 1 N–H and O–H groups in total. The van der Waals surface area contributed by atoms with Gasteiger partial charge in [-0.2, -0.15) is 0 Å². The Bertz CT molecular complexity index is 440. The summed E-state index contributed by atoms with van der Waals surface area (Å²) in [5.74, 6) is 0. The van der Waals surface area contributed by atoms with Crippen molar-refractivity contribution in [2.45, 2.75) is 44.2 Å². The van der Waals surface area contributed by atoms with Gasteiger partial charge in [0.2, 0.25) is 0 Å². The number of methoxy groups -OCH3 is 1. The van der Waals surface area contributed by atoms with Crippen molar-refractivity contribution in [1.82, 2.24) is 5.32 Å². The lowest BCUT2D eigenvalue weighted by molar-refractivity contribution is 0.185. The Morgan fingerprint density at radius 2 is 2.00 bits per heavy atom. The first-order valence-corrected chi connectivity index (χ1v) is 7.90. The molecule has 3 rings (SSSR count). The normalized spacial score (nSPS) is 22.1. The predicted octanol–water partition coefficient (Wildman–Crippen LogP) is 2.95. The van der Waals surface area contributed by atoms with Gasteiger partial charge in [-0.25, -0.2) is 0 Å². The van der Waals surface area contributed by atoms with Gasteiger partial charge in [-0.05, 0) is 31.9 Å². The third-order valence-electron chi connectivity index (χ3n) is 4.79. The van der Waals surface area contributed by atoms with Crippen LogP contribution in [-0.2, 0) is 11.3 Å². The van der Waals surface area contributed by atoms with Gasteiger partial charge in [-0.3, -0.25) is 0 Å². The zero-order chi connectivity index (χ0) is 13.8. The zero-order valence-electron chi connectivity index (χ0n) is 12.5.